The first kappa shape index (κ1) is 12.1. The van der Waals surface area contributed by atoms with E-state index in [0.29, 0.717) is 38.1 Å². The number of ether oxygens (including phenoxy) is 2. The molecule has 0 radical (unpaired) electrons. The predicted octanol–water partition coefficient (Wildman–Crippen LogP) is 0.829. The number of aromatic nitrogens is 2. The maximum Gasteiger partial charge on any atom is 0.227 e. The second-order valence-corrected chi connectivity index (χ2v) is 5.22. The van der Waals surface area contributed by atoms with Gasteiger partial charge in [0.05, 0.1) is 19.8 Å². The summed E-state index contributed by atoms with van der Waals surface area (Å²) in [5.41, 5.74) is 6.02. The van der Waals surface area contributed by atoms with Crippen molar-refractivity contribution in [1.29, 1.82) is 0 Å². The summed E-state index contributed by atoms with van der Waals surface area (Å²) < 4.78 is 16.2. The molecule has 1 aliphatic heterocycles. The molecule has 1 unspecified atom stereocenters. The highest BCUT2D eigenvalue weighted by molar-refractivity contribution is 4.99. The van der Waals surface area contributed by atoms with E-state index in [-0.39, 0.29) is 11.5 Å². The molecule has 3 rings (SSSR count). The van der Waals surface area contributed by atoms with Crippen molar-refractivity contribution in [1.82, 2.24) is 10.1 Å². The Balaban J connectivity index is 1.65. The molecule has 1 saturated heterocycles. The van der Waals surface area contributed by atoms with Gasteiger partial charge in [0, 0.05) is 6.42 Å². The average molecular weight is 253 g/mol. The van der Waals surface area contributed by atoms with Crippen molar-refractivity contribution in [3.63, 3.8) is 0 Å². The highest BCUT2D eigenvalue weighted by atomic mass is 16.6. The molecule has 2 fully saturated rings. The van der Waals surface area contributed by atoms with Crippen molar-refractivity contribution in [3.05, 3.63) is 11.7 Å². The Hall–Kier alpha value is -0.980. The zero-order valence-electron chi connectivity index (χ0n) is 10.4. The summed E-state index contributed by atoms with van der Waals surface area (Å²) in [6.07, 6.45) is 4.16. The maximum atomic E-state index is 5.83. The molecule has 1 saturated carbocycles. The van der Waals surface area contributed by atoms with Crippen LogP contribution >= 0.6 is 0 Å². The Bertz CT molecular complexity index is 392. The second kappa shape index (κ2) is 4.95. The molecule has 0 aromatic carbocycles. The van der Waals surface area contributed by atoms with Crippen molar-refractivity contribution in [2.45, 2.75) is 31.8 Å². The van der Waals surface area contributed by atoms with Crippen LogP contribution in [0.25, 0.3) is 0 Å². The van der Waals surface area contributed by atoms with Gasteiger partial charge in [0.2, 0.25) is 11.7 Å². The SMILES string of the molecule is NCC1(Cc2nc(C3COCCO3)no2)CCC1. The van der Waals surface area contributed by atoms with Gasteiger partial charge in [0.15, 0.2) is 0 Å². The molecule has 2 N–H and O–H groups in total. The van der Waals surface area contributed by atoms with E-state index in [2.05, 4.69) is 10.1 Å². The Kier molecular flexibility index (Phi) is 3.32. The zero-order chi connectivity index (χ0) is 12.4. The largest absolute Gasteiger partial charge is 0.376 e. The first-order valence-electron chi connectivity index (χ1n) is 6.53. The van der Waals surface area contributed by atoms with Gasteiger partial charge in [0.1, 0.15) is 6.10 Å². The van der Waals surface area contributed by atoms with Crippen molar-refractivity contribution in [2.24, 2.45) is 11.1 Å². The van der Waals surface area contributed by atoms with Crippen LogP contribution in [-0.4, -0.2) is 36.5 Å². The standard InChI is InChI=1S/C12H19N3O3/c13-8-12(2-1-3-12)6-10-14-11(15-18-10)9-7-16-4-5-17-9/h9H,1-8,13H2. The third-order valence-electron chi connectivity index (χ3n) is 3.96. The highest BCUT2D eigenvalue weighted by Gasteiger charge is 2.37. The van der Waals surface area contributed by atoms with Gasteiger partial charge in [-0.15, -0.1) is 0 Å². The Labute approximate surface area is 106 Å². The number of hydrogen-bond acceptors (Lipinski definition) is 6. The minimum absolute atomic E-state index is 0.188. The quantitative estimate of drug-likeness (QED) is 0.855. The van der Waals surface area contributed by atoms with Gasteiger partial charge in [-0.1, -0.05) is 11.6 Å². The molecule has 6 heteroatoms. The molecule has 0 amide bonds. The lowest BCUT2D eigenvalue weighted by atomic mass is 9.67. The first-order valence-corrected chi connectivity index (χ1v) is 6.53. The molecular formula is C12H19N3O3. The Morgan fingerprint density at radius 1 is 1.33 bits per heavy atom. The van der Waals surface area contributed by atoms with Gasteiger partial charge in [-0.3, -0.25) is 0 Å². The van der Waals surface area contributed by atoms with Crippen LogP contribution in [0.3, 0.4) is 0 Å². The lowest BCUT2D eigenvalue weighted by Gasteiger charge is -2.39. The van der Waals surface area contributed by atoms with Crippen molar-refractivity contribution in [2.75, 3.05) is 26.4 Å². The minimum Gasteiger partial charge on any atom is -0.376 e. The third-order valence-corrected chi connectivity index (χ3v) is 3.96. The molecule has 2 heterocycles. The van der Waals surface area contributed by atoms with E-state index in [0.717, 1.165) is 19.3 Å². The molecule has 2 aliphatic rings. The normalized spacial score (nSPS) is 26.8. The van der Waals surface area contributed by atoms with Gasteiger partial charge in [0.25, 0.3) is 0 Å². The molecule has 0 spiro atoms. The lowest BCUT2D eigenvalue weighted by molar-refractivity contribution is -0.0941. The summed E-state index contributed by atoms with van der Waals surface area (Å²) in [5.74, 6) is 1.26. The van der Waals surface area contributed by atoms with E-state index < -0.39 is 0 Å². The number of nitrogens with two attached hydrogens (primary N) is 1. The van der Waals surface area contributed by atoms with Crippen LogP contribution in [0.4, 0.5) is 0 Å². The van der Waals surface area contributed by atoms with Gasteiger partial charge in [-0.2, -0.15) is 4.98 Å². The first-order chi connectivity index (χ1) is 8.81. The van der Waals surface area contributed by atoms with Crippen LogP contribution in [0, 0.1) is 5.41 Å². The Morgan fingerprint density at radius 3 is 2.83 bits per heavy atom. The van der Waals surface area contributed by atoms with Gasteiger partial charge in [-0.05, 0) is 24.8 Å². The summed E-state index contributed by atoms with van der Waals surface area (Å²) >= 11 is 0. The average Bonchev–Trinajstić information content (AvgIpc) is 2.83. The number of rotatable bonds is 4. The molecule has 0 bridgehead atoms. The van der Waals surface area contributed by atoms with E-state index in [1.165, 1.54) is 6.42 Å². The van der Waals surface area contributed by atoms with Crippen LogP contribution in [0.5, 0.6) is 0 Å². The van der Waals surface area contributed by atoms with Crippen LogP contribution in [-0.2, 0) is 15.9 Å². The van der Waals surface area contributed by atoms with Gasteiger partial charge < -0.3 is 19.7 Å². The monoisotopic (exact) mass is 253 g/mol. The van der Waals surface area contributed by atoms with Crippen molar-refractivity contribution in [3.8, 4) is 0 Å². The van der Waals surface area contributed by atoms with Crippen molar-refractivity contribution < 1.29 is 14.0 Å². The van der Waals surface area contributed by atoms with Crippen molar-refractivity contribution >= 4 is 0 Å². The lowest BCUT2D eigenvalue weighted by Crippen LogP contribution is -2.39. The second-order valence-electron chi connectivity index (χ2n) is 5.22. The molecule has 6 nitrogen and oxygen atoms in total. The summed E-state index contributed by atoms with van der Waals surface area (Å²) in [7, 11) is 0. The van der Waals surface area contributed by atoms with Crippen LogP contribution in [0.2, 0.25) is 0 Å². The van der Waals surface area contributed by atoms with Crippen LogP contribution < -0.4 is 5.73 Å². The van der Waals surface area contributed by atoms with Crippen LogP contribution in [0.15, 0.2) is 4.52 Å². The Morgan fingerprint density at radius 2 is 2.22 bits per heavy atom. The molecule has 1 aliphatic carbocycles. The van der Waals surface area contributed by atoms with E-state index >= 15 is 0 Å². The molecule has 100 valence electrons. The highest BCUT2D eigenvalue weighted by Crippen LogP contribution is 2.42. The fraction of sp³-hybridized carbons (Fsp3) is 0.833. The summed E-state index contributed by atoms with van der Waals surface area (Å²) in [4.78, 5) is 4.41. The fourth-order valence-electron chi connectivity index (χ4n) is 2.56. The predicted molar refractivity (Wildman–Crippen MR) is 62.9 cm³/mol. The van der Waals surface area contributed by atoms with E-state index in [1.54, 1.807) is 0 Å². The fourth-order valence-corrected chi connectivity index (χ4v) is 2.56. The molecule has 1 aromatic heterocycles. The van der Waals surface area contributed by atoms with Gasteiger partial charge >= 0.3 is 0 Å². The zero-order valence-corrected chi connectivity index (χ0v) is 10.4. The molecule has 1 aromatic rings. The summed E-state index contributed by atoms with van der Waals surface area (Å²) in [6.45, 7) is 2.41. The third kappa shape index (κ3) is 2.28. The van der Waals surface area contributed by atoms with Gasteiger partial charge in [-0.25, -0.2) is 0 Å². The maximum absolute atomic E-state index is 5.83. The minimum atomic E-state index is -0.188. The smallest absolute Gasteiger partial charge is 0.227 e. The van der Waals surface area contributed by atoms with E-state index in [4.69, 9.17) is 19.7 Å². The summed E-state index contributed by atoms with van der Waals surface area (Å²) in [6, 6.07) is 0. The van der Waals surface area contributed by atoms with E-state index in [9.17, 15) is 0 Å². The summed E-state index contributed by atoms with van der Waals surface area (Å²) in [5, 5.41) is 3.98. The molecule has 1 atom stereocenters. The molecule has 18 heavy (non-hydrogen) atoms. The molecular weight excluding hydrogens is 234 g/mol. The topological polar surface area (TPSA) is 83.4 Å². The van der Waals surface area contributed by atoms with Crippen LogP contribution in [0.1, 0.15) is 37.1 Å². The van der Waals surface area contributed by atoms with E-state index in [1.807, 2.05) is 0 Å². The number of nitrogens with zero attached hydrogens (tertiary/aromatic N) is 2. The number of hydrogen-bond donors (Lipinski definition) is 1.